The van der Waals surface area contributed by atoms with Crippen LogP contribution in [-0.2, 0) is 30.3 Å². The number of carbonyl (C=O) groups is 4. The molecule has 0 spiro atoms. The maximum Gasteiger partial charge on any atom is 0.408 e. The highest BCUT2D eigenvalue weighted by Gasteiger charge is 2.34. The summed E-state index contributed by atoms with van der Waals surface area (Å²) in [6.45, 7) is 6.85. The lowest BCUT2D eigenvalue weighted by molar-refractivity contribution is -0.145. The molecule has 3 aromatic carbocycles. The first-order chi connectivity index (χ1) is 21.8. The van der Waals surface area contributed by atoms with Crippen LogP contribution in [0.1, 0.15) is 55.1 Å². The number of hydrogen-bond donors (Lipinski definition) is 3. The number of methoxy groups -OCH3 is 3. The fraction of sp³-hybridized carbons (Fsp3) is 0.353. The number of alkyl carbamates (subject to hydrolysis) is 1. The molecule has 1 heterocycles. The summed E-state index contributed by atoms with van der Waals surface area (Å²) in [4.78, 5) is 54.0. The molecule has 3 amide bonds. The van der Waals surface area contributed by atoms with Gasteiger partial charge >= 0.3 is 12.1 Å². The van der Waals surface area contributed by atoms with Crippen LogP contribution < -0.4 is 30.2 Å². The van der Waals surface area contributed by atoms with E-state index in [0.717, 1.165) is 5.56 Å². The van der Waals surface area contributed by atoms with Crippen molar-refractivity contribution >= 4 is 23.9 Å². The van der Waals surface area contributed by atoms with Crippen LogP contribution in [0.4, 0.5) is 4.79 Å². The largest absolute Gasteiger partial charge is 0.496 e. The molecule has 0 saturated carbocycles. The number of amides is 3. The number of rotatable bonds is 6. The summed E-state index contributed by atoms with van der Waals surface area (Å²) in [5.74, 6) is -0.924. The number of carbonyl (C=O) groups excluding carboxylic acids is 4. The number of fused-ring (bicyclic) bond motifs is 4. The van der Waals surface area contributed by atoms with Gasteiger partial charge in [0.15, 0.2) is 17.5 Å². The van der Waals surface area contributed by atoms with Gasteiger partial charge in [0.05, 0.1) is 21.3 Å². The number of esters is 1. The maximum absolute atomic E-state index is 14.0. The van der Waals surface area contributed by atoms with E-state index < -0.39 is 47.6 Å². The fourth-order valence-corrected chi connectivity index (χ4v) is 4.92. The third kappa shape index (κ3) is 8.06. The highest BCUT2D eigenvalue weighted by molar-refractivity contribution is 5.94. The van der Waals surface area contributed by atoms with Crippen molar-refractivity contribution in [1.82, 2.24) is 16.0 Å². The molecule has 244 valence electrons. The second-order valence-electron chi connectivity index (χ2n) is 11.7. The summed E-state index contributed by atoms with van der Waals surface area (Å²) in [5.41, 5.74) is 1.12. The predicted octanol–water partition coefficient (Wildman–Crippen LogP) is 4.44. The van der Waals surface area contributed by atoms with E-state index in [2.05, 4.69) is 16.0 Å². The van der Waals surface area contributed by atoms with E-state index in [0.29, 0.717) is 28.2 Å². The van der Waals surface area contributed by atoms with Gasteiger partial charge in [0.1, 0.15) is 29.2 Å². The minimum atomic E-state index is -1.32. The minimum absolute atomic E-state index is 0.0743. The van der Waals surface area contributed by atoms with Crippen LogP contribution >= 0.6 is 0 Å². The lowest BCUT2D eigenvalue weighted by atomic mass is 9.99. The molecule has 0 fully saturated rings. The molecular weight excluding hydrogens is 594 g/mol. The Hall–Kier alpha value is -5.26. The summed E-state index contributed by atoms with van der Waals surface area (Å²) >= 11 is 0. The Bertz CT molecular complexity index is 1600. The second kappa shape index (κ2) is 14.2. The fourth-order valence-electron chi connectivity index (χ4n) is 4.92. The first-order valence-corrected chi connectivity index (χ1v) is 14.6. The molecular formula is C34H39N3O9. The Balaban J connectivity index is 1.92. The summed E-state index contributed by atoms with van der Waals surface area (Å²) in [6, 6.07) is 13.2. The van der Waals surface area contributed by atoms with Crippen molar-refractivity contribution in [2.45, 2.75) is 57.8 Å². The van der Waals surface area contributed by atoms with Gasteiger partial charge in [-0.25, -0.2) is 9.59 Å². The molecule has 0 aliphatic carbocycles. The van der Waals surface area contributed by atoms with Gasteiger partial charge in [0.25, 0.3) is 0 Å². The highest BCUT2D eigenvalue weighted by Crippen LogP contribution is 2.39. The zero-order valence-corrected chi connectivity index (χ0v) is 26.9. The quantitative estimate of drug-likeness (QED) is 0.335. The Morgan fingerprint density at radius 3 is 2.15 bits per heavy atom. The zero-order valence-electron chi connectivity index (χ0n) is 26.9. The van der Waals surface area contributed by atoms with Crippen LogP contribution in [0.3, 0.4) is 0 Å². The van der Waals surface area contributed by atoms with E-state index in [1.807, 2.05) is 18.2 Å². The van der Waals surface area contributed by atoms with Gasteiger partial charge in [-0.05, 0) is 68.7 Å². The monoisotopic (exact) mass is 633 g/mol. The Morgan fingerprint density at radius 1 is 0.848 bits per heavy atom. The van der Waals surface area contributed by atoms with Gasteiger partial charge in [-0.1, -0.05) is 36.4 Å². The number of benzene rings is 3. The molecule has 3 N–H and O–H groups in total. The maximum atomic E-state index is 14.0. The molecule has 3 aromatic rings. The molecule has 3 atom stereocenters. The Kier molecular flexibility index (Phi) is 10.4. The van der Waals surface area contributed by atoms with Crippen molar-refractivity contribution in [3.63, 3.8) is 0 Å². The van der Waals surface area contributed by atoms with Gasteiger partial charge < -0.3 is 39.6 Å². The average molecular weight is 634 g/mol. The molecule has 1 aliphatic rings. The van der Waals surface area contributed by atoms with E-state index in [1.54, 1.807) is 70.2 Å². The molecule has 12 heteroatoms. The normalized spacial score (nSPS) is 18.1. The van der Waals surface area contributed by atoms with Crippen LogP contribution in [0.5, 0.6) is 23.0 Å². The predicted molar refractivity (Wildman–Crippen MR) is 168 cm³/mol. The molecule has 0 unspecified atom stereocenters. The van der Waals surface area contributed by atoms with Crippen molar-refractivity contribution in [2.75, 3.05) is 21.3 Å². The molecule has 4 rings (SSSR count). The third-order valence-corrected chi connectivity index (χ3v) is 7.19. The number of ether oxygens (including phenoxy) is 5. The Morgan fingerprint density at radius 2 is 1.52 bits per heavy atom. The molecule has 0 radical (unpaired) electrons. The topological polar surface area (TPSA) is 151 Å². The minimum Gasteiger partial charge on any atom is -0.496 e. The van der Waals surface area contributed by atoms with Gasteiger partial charge in [0, 0.05) is 12.0 Å². The third-order valence-electron chi connectivity index (χ3n) is 7.19. The molecule has 0 aromatic heterocycles. The van der Waals surface area contributed by atoms with Crippen molar-refractivity contribution in [2.24, 2.45) is 0 Å². The van der Waals surface area contributed by atoms with Gasteiger partial charge in [0.2, 0.25) is 11.8 Å². The van der Waals surface area contributed by atoms with Gasteiger partial charge in [-0.2, -0.15) is 0 Å². The summed E-state index contributed by atoms with van der Waals surface area (Å²) in [6.07, 6.45) is -0.777. The van der Waals surface area contributed by atoms with Crippen molar-refractivity contribution < 1.29 is 42.9 Å². The van der Waals surface area contributed by atoms with Gasteiger partial charge in [-0.3, -0.25) is 9.59 Å². The van der Waals surface area contributed by atoms with E-state index in [4.69, 9.17) is 23.7 Å². The molecule has 1 aliphatic heterocycles. The first-order valence-electron chi connectivity index (χ1n) is 14.6. The molecule has 46 heavy (non-hydrogen) atoms. The lowest BCUT2D eigenvalue weighted by Crippen LogP contribution is -2.53. The molecule has 4 bridgehead atoms. The van der Waals surface area contributed by atoms with Crippen LogP contribution in [0.25, 0.3) is 0 Å². The Labute approximate surface area is 267 Å². The van der Waals surface area contributed by atoms with Crippen molar-refractivity contribution in [3.05, 3.63) is 82.9 Å². The standard InChI is InChI=1S/C34H39N3O9/c1-19-25(43-6)17-22-18-26(19)45-27-16-21(13-14-24(27)42-5)28(37-33(41)46-34(2,3)4)31(39)35-23(15-20-11-9-8-10-12-20)30(38)36-29(22)32(40)44-7/h8-14,16-18,23,28-29H,15H2,1-7H3,(H,35,39)(H,36,38)(H,37,41)/t23-,28-,29+/m1/s1. The van der Waals surface area contributed by atoms with E-state index in [1.165, 1.54) is 21.3 Å². The smallest absolute Gasteiger partial charge is 0.408 e. The van der Waals surface area contributed by atoms with E-state index >= 15 is 0 Å². The SMILES string of the molecule is COC(=O)[C@H]1NC(=O)[C@@H](Cc2ccccc2)NC(=O)[C@H](NC(=O)OC(C)(C)C)c2ccc(OC)c(c2)Oc2cc1cc(OC)c2C. The van der Waals surface area contributed by atoms with Gasteiger partial charge in [-0.15, -0.1) is 0 Å². The average Bonchev–Trinajstić information content (AvgIpc) is 3.01. The summed E-state index contributed by atoms with van der Waals surface area (Å²) < 4.78 is 28.0. The van der Waals surface area contributed by atoms with Crippen LogP contribution in [0, 0.1) is 6.92 Å². The van der Waals surface area contributed by atoms with E-state index in [9.17, 15) is 19.2 Å². The van der Waals surface area contributed by atoms with Crippen LogP contribution in [-0.4, -0.2) is 56.8 Å². The molecule has 12 nitrogen and oxygen atoms in total. The van der Waals surface area contributed by atoms with Crippen molar-refractivity contribution in [1.29, 1.82) is 0 Å². The number of hydrogen-bond acceptors (Lipinski definition) is 9. The van der Waals surface area contributed by atoms with E-state index in [-0.39, 0.29) is 17.9 Å². The second-order valence-corrected chi connectivity index (χ2v) is 11.7. The number of nitrogens with one attached hydrogen (secondary N) is 3. The summed E-state index contributed by atoms with van der Waals surface area (Å²) in [7, 11) is 4.14. The molecule has 0 saturated heterocycles. The van der Waals surface area contributed by atoms with Crippen LogP contribution in [0.15, 0.2) is 60.7 Å². The van der Waals surface area contributed by atoms with Crippen molar-refractivity contribution in [3.8, 4) is 23.0 Å². The highest BCUT2D eigenvalue weighted by atomic mass is 16.6. The summed E-state index contributed by atoms with van der Waals surface area (Å²) in [5, 5.41) is 8.13. The lowest BCUT2D eigenvalue weighted by Gasteiger charge is -2.28. The first kappa shape index (κ1) is 33.6. The van der Waals surface area contributed by atoms with Crippen LogP contribution in [0.2, 0.25) is 0 Å². The zero-order chi connectivity index (χ0) is 33.6.